The number of hydrogen-bond donors (Lipinski definition) is 0. The second-order valence-corrected chi connectivity index (χ2v) is 5.11. The second-order valence-electron chi connectivity index (χ2n) is 5.11. The molecule has 0 saturated heterocycles. The molecule has 0 N–H and O–H groups in total. The van der Waals surface area contributed by atoms with Crippen molar-refractivity contribution in [1.29, 1.82) is 0 Å². The van der Waals surface area contributed by atoms with Gasteiger partial charge in [0.25, 0.3) is 0 Å². The van der Waals surface area contributed by atoms with E-state index >= 15 is 0 Å². The van der Waals surface area contributed by atoms with Crippen LogP contribution in [0.4, 0.5) is 0 Å². The van der Waals surface area contributed by atoms with Crippen LogP contribution in [-0.2, 0) is 0 Å². The first-order chi connectivity index (χ1) is 5.85. The molecule has 76 valence electrons. The Hall–Kier alpha value is -0.520. The first-order valence-corrected chi connectivity index (χ1v) is 5.21. The van der Waals surface area contributed by atoms with Gasteiger partial charge in [0.1, 0.15) is 0 Å². The van der Waals surface area contributed by atoms with Gasteiger partial charge in [0.2, 0.25) is 0 Å². The molecule has 0 radical (unpaired) electrons. The van der Waals surface area contributed by atoms with Crippen molar-refractivity contribution in [3.05, 3.63) is 24.3 Å². The molecule has 0 aromatic carbocycles. The fourth-order valence-corrected chi connectivity index (χ4v) is 1.45. The zero-order valence-electron chi connectivity index (χ0n) is 9.85. The summed E-state index contributed by atoms with van der Waals surface area (Å²) in [4.78, 5) is 0. The molecule has 1 atom stereocenters. The third kappa shape index (κ3) is 7.83. The maximum absolute atomic E-state index is 3.95. The van der Waals surface area contributed by atoms with E-state index in [9.17, 15) is 0 Å². The van der Waals surface area contributed by atoms with Gasteiger partial charge >= 0.3 is 0 Å². The van der Waals surface area contributed by atoms with Crippen molar-refractivity contribution in [3.63, 3.8) is 0 Å². The molecular weight excluding hydrogens is 156 g/mol. The van der Waals surface area contributed by atoms with Gasteiger partial charge in [-0.25, -0.2) is 0 Å². The lowest BCUT2D eigenvalue weighted by molar-refractivity contribution is 0.337. The summed E-state index contributed by atoms with van der Waals surface area (Å²) >= 11 is 0. The summed E-state index contributed by atoms with van der Waals surface area (Å²) in [7, 11) is 0. The first kappa shape index (κ1) is 12.5. The van der Waals surface area contributed by atoms with Crippen LogP contribution >= 0.6 is 0 Å². The molecule has 0 aliphatic carbocycles. The van der Waals surface area contributed by atoms with E-state index < -0.39 is 0 Å². The van der Waals surface area contributed by atoms with E-state index in [-0.39, 0.29) is 0 Å². The van der Waals surface area contributed by atoms with Gasteiger partial charge in [-0.3, -0.25) is 0 Å². The fourth-order valence-electron chi connectivity index (χ4n) is 1.45. The largest absolute Gasteiger partial charge is 0.0959 e. The van der Waals surface area contributed by atoms with Crippen LogP contribution < -0.4 is 0 Å². The second kappa shape index (κ2) is 5.26. The Kier molecular flexibility index (Phi) is 5.05. The lowest BCUT2D eigenvalue weighted by Crippen LogP contribution is -2.09. The highest BCUT2D eigenvalue weighted by Gasteiger charge is 2.12. The van der Waals surface area contributed by atoms with Crippen LogP contribution in [0.2, 0.25) is 0 Å². The lowest BCUT2D eigenvalue weighted by Gasteiger charge is -2.21. The van der Waals surface area contributed by atoms with Crippen molar-refractivity contribution >= 4 is 0 Å². The zero-order chi connectivity index (χ0) is 10.5. The van der Waals surface area contributed by atoms with Crippen molar-refractivity contribution in [1.82, 2.24) is 0 Å². The van der Waals surface area contributed by atoms with Crippen LogP contribution in [0.15, 0.2) is 24.3 Å². The Morgan fingerprint density at radius 3 is 2.31 bits per heavy atom. The van der Waals surface area contributed by atoms with Gasteiger partial charge in [0.15, 0.2) is 0 Å². The van der Waals surface area contributed by atoms with Crippen molar-refractivity contribution in [3.8, 4) is 0 Å². The summed E-state index contributed by atoms with van der Waals surface area (Å²) in [5.74, 6) is 0.656. The van der Waals surface area contributed by atoms with E-state index in [1.807, 2.05) is 0 Å². The molecule has 0 aromatic heterocycles. The highest BCUT2D eigenvalue weighted by atomic mass is 14.2. The van der Waals surface area contributed by atoms with E-state index in [1.165, 1.54) is 12.0 Å². The van der Waals surface area contributed by atoms with Gasteiger partial charge < -0.3 is 0 Å². The molecule has 0 spiro atoms. The van der Waals surface area contributed by atoms with Gasteiger partial charge in [-0.15, -0.1) is 0 Å². The van der Waals surface area contributed by atoms with Crippen LogP contribution in [0, 0.1) is 11.3 Å². The monoisotopic (exact) mass is 180 g/mol. The predicted octanol–water partition coefficient (Wildman–Crippen LogP) is 4.58. The molecule has 0 heteroatoms. The number of allylic oxidation sites excluding steroid dienone is 3. The lowest BCUT2D eigenvalue weighted by atomic mass is 9.85. The molecule has 0 amide bonds. The quantitative estimate of drug-likeness (QED) is 0.555. The summed E-state index contributed by atoms with van der Waals surface area (Å²) in [6.07, 6.45) is 6.73. The van der Waals surface area contributed by atoms with Crippen LogP contribution in [0.1, 0.15) is 47.5 Å². The molecule has 0 fully saturated rings. The van der Waals surface area contributed by atoms with Gasteiger partial charge in [-0.05, 0) is 24.2 Å². The summed E-state index contributed by atoms with van der Waals surface area (Å²) in [5.41, 5.74) is 1.65. The first-order valence-electron chi connectivity index (χ1n) is 5.21. The summed E-state index contributed by atoms with van der Waals surface area (Å²) < 4.78 is 0. The maximum Gasteiger partial charge on any atom is -0.0254 e. The van der Waals surface area contributed by atoms with Crippen LogP contribution in [0.25, 0.3) is 0 Å². The molecule has 1 unspecified atom stereocenters. The average molecular weight is 180 g/mol. The minimum Gasteiger partial charge on any atom is -0.0959 e. The topological polar surface area (TPSA) is 0 Å². The number of rotatable bonds is 4. The zero-order valence-corrected chi connectivity index (χ0v) is 9.85. The highest BCUT2D eigenvalue weighted by Crippen LogP contribution is 2.24. The molecule has 13 heavy (non-hydrogen) atoms. The predicted molar refractivity (Wildman–Crippen MR) is 61.8 cm³/mol. The minimum atomic E-state index is 0.428. The molecule has 0 nitrogen and oxygen atoms in total. The van der Waals surface area contributed by atoms with Crippen LogP contribution in [0.3, 0.4) is 0 Å². The Labute approximate surface area is 83.7 Å². The summed E-state index contributed by atoms with van der Waals surface area (Å²) in [6, 6.07) is 0. The molecule has 0 bridgehead atoms. The molecule has 0 aliphatic rings. The maximum atomic E-state index is 3.95. The van der Waals surface area contributed by atoms with Crippen molar-refractivity contribution in [2.24, 2.45) is 11.3 Å². The van der Waals surface area contributed by atoms with E-state index in [2.05, 4.69) is 53.3 Å². The van der Waals surface area contributed by atoms with Crippen LogP contribution in [-0.4, -0.2) is 0 Å². The molecule has 0 rings (SSSR count). The third-order valence-corrected chi connectivity index (χ3v) is 2.05. The Bertz CT molecular complexity index is 179. The molecule has 0 aromatic rings. The van der Waals surface area contributed by atoms with Gasteiger partial charge in [-0.2, -0.15) is 0 Å². The average Bonchev–Trinajstić information content (AvgIpc) is 1.97. The Morgan fingerprint density at radius 1 is 1.38 bits per heavy atom. The van der Waals surface area contributed by atoms with Crippen LogP contribution in [0.5, 0.6) is 0 Å². The SMILES string of the molecule is C=C(C=CC(C)CC(C)(C)C)CC. The number of hydrogen-bond acceptors (Lipinski definition) is 0. The standard InChI is InChI=1S/C13H24/c1-7-11(2)8-9-12(3)10-13(4,5)6/h8-9,12H,2,7,10H2,1,3-6H3. The van der Waals surface area contributed by atoms with Gasteiger partial charge in [0.05, 0.1) is 0 Å². The smallest absolute Gasteiger partial charge is 0.0254 e. The molecule has 0 heterocycles. The Morgan fingerprint density at radius 2 is 1.92 bits per heavy atom. The molecule has 0 aliphatic heterocycles. The minimum absolute atomic E-state index is 0.428. The fraction of sp³-hybridized carbons (Fsp3) is 0.692. The third-order valence-electron chi connectivity index (χ3n) is 2.05. The van der Waals surface area contributed by atoms with Crippen molar-refractivity contribution in [2.45, 2.75) is 47.5 Å². The summed E-state index contributed by atoms with van der Waals surface area (Å²) in [5, 5.41) is 0. The van der Waals surface area contributed by atoms with E-state index in [0.717, 1.165) is 6.42 Å². The Balaban J connectivity index is 3.94. The summed E-state index contributed by atoms with van der Waals surface area (Å²) in [6.45, 7) is 15.2. The molecular formula is C13H24. The highest BCUT2D eigenvalue weighted by molar-refractivity contribution is 5.14. The normalized spacial score (nSPS) is 14.8. The van der Waals surface area contributed by atoms with E-state index in [0.29, 0.717) is 11.3 Å². The van der Waals surface area contributed by atoms with Gasteiger partial charge in [0, 0.05) is 0 Å². The van der Waals surface area contributed by atoms with E-state index in [1.54, 1.807) is 0 Å². The van der Waals surface area contributed by atoms with E-state index in [4.69, 9.17) is 0 Å². The molecule has 0 saturated carbocycles. The van der Waals surface area contributed by atoms with Gasteiger partial charge in [-0.1, -0.05) is 58.9 Å². The van der Waals surface area contributed by atoms with Crippen molar-refractivity contribution < 1.29 is 0 Å². The van der Waals surface area contributed by atoms with Crippen molar-refractivity contribution in [2.75, 3.05) is 0 Å².